The predicted octanol–water partition coefficient (Wildman–Crippen LogP) is 5.03. The first kappa shape index (κ1) is 21.9. The topological polar surface area (TPSA) is 64.9 Å². The van der Waals surface area contributed by atoms with Crippen molar-refractivity contribution >= 4 is 35.0 Å². The first-order valence-electron chi connectivity index (χ1n) is 9.47. The molecule has 0 saturated carbocycles. The summed E-state index contributed by atoms with van der Waals surface area (Å²) < 4.78 is 7.36. The summed E-state index contributed by atoms with van der Waals surface area (Å²) in [6.07, 6.45) is 1.89. The number of aromatic nitrogens is 4. The molecule has 0 atom stereocenters. The fourth-order valence-corrected chi connectivity index (χ4v) is 4.12. The molecule has 0 aliphatic carbocycles. The molecule has 1 aromatic heterocycles. The van der Waals surface area contributed by atoms with Crippen molar-refractivity contribution < 1.29 is 4.74 Å². The van der Waals surface area contributed by atoms with E-state index in [0.29, 0.717) is 28.9 Å². The van der Waals surface area contributed by atoms with Gasteiger partial charge in [0, 0.05) is 12.3 Å². The number of nitrogens with zero attached hydrogens (tertiary/aromatic N) is 4. The molecule has 0 spiro atoms. The van der Waals surface area contributed by atoms with Crippen molar-refractivity contribution in [3.05, 3.63) is 58.1 Å². The molecule has 154 valence electrons. The van der Waals surface area contributed by atoms with Crippen LogP contribution in [-0.2, 0) is 6.54 Å². The Hall–Kier alpha value is -1.80. The molecule has 0 saturated heterocycles. The number of para-hydroxylation sites is 1. The Morgan fingerprint density at radius 3 is 2.62 bits per heavy atom. The largest absolute Gasteiger partial charge is 0.490 e. The Balaban J connectivity index is 1.42. The highest BCUT2D eigenvalue weighted by Crippen LogP contribution is 2.34. The summed E-state index contributed by atoms with van der Waals surface area (Å²) in [5.74, 6) is 1.47. The molecular weight excluding hydrogens is 429 g/mol. The van der Waals surface area contributed by atoms with Crippen LogP contribution in [0.25, 0.3) is 5.69 Å². The highest BCUT2D eigenvalue weighted by molar-refractivity contribution is 7.99. The smallest absolute Gasteiger partial charge is 0.214 e. The number of rotatable bonds is 11. The number of nitrogens with one attached hydrogen (secondary N) is 1. The van der Waals surface area contributed by atoms with E-state index in [2.05, 4.69) is 20.8 Å². The highest BCUT2D eigenvalue weighted by Gasteiger charge is 2.10. The number of hydrogen-bond acceptors (Lipinski definition) is 6. The van der Waals surface area contributed by atoms with E-state index in [9.17, 15) is 0 Å². The molecule has 3 aromatic rings. The minimum absolute atomic E-state index is 0.547. The van der Waals surface area contributed by atoms with E-state index in [1.807, 2.05) is 49.4 Å². The van der Waals surface area contributed by atoms with Crippen LogP contribution in [0.2, 0.25) is 10.0 Å². The fourth-order valence-electron chi connectivity index (χ4n) is 2.65. The van der Waals surface area contributed by atoms with E-state index in [4.69, 9.17) is 27.9 Å². The fraction of sp³-hybridized carbons (Fsp3) is 0.350. The van der Waals surface area contributed by atoms with E-state index >= 15 is 0 Å². The van der Waals surface area contributed by atoms with Gasteiger partial charge >= 0.3 is 0 Å². The number of benzene rings is 2. The molecule has 2 aromatic carbocycles. The van der Waals surface area contributed by atoms with E-state index in [1.165, 1.54) is 0 Å². The zero-order valence-corrected chi connectivity index (χ0v) is 18.5. The lowest BCUT2D eigenvalue weighted by Gasteiger charge is -2.12. The summed E-state index contributed by atoms with van der Waals surface area (Å²) in [4.78, 5) is 0. The van der Waals surface area contributed by atoms with Crippen LogP contribution in [-0.4, -0.2) is 39.1 Å². The van der Waals surface area contributed by atoms with Gasteiger partial charge in [0.25, 0.3) is 0 Å². The maximum absolute atomic E-state index is 6.29. The third-order valence-electron chi connectivity index (χ3n) is 4.01. The van der Waals surface area contributed by atoms with Gasteiger partial charge in [-0.25, -0.2) is 0 Å². The maximum atomic E-state index is 6.29. The van der Waals surface area contributed by atoms with Crippen molar-refractivity contribution in [2.24, 2.45) is 0 Å². The van der Waals surface area contributed by atoms with Gasteiger partial charge in [0.05, 0.1) is 22.3 Å². The molecule has 0 aliphatic heterocycles. The average molecular weight is 452 g/mol. The summed E-state index contributed by atoms with van der Waals surface area (Å²) in [7, 11) is 0. The van der Waals surface area contributed by atoms with Gasteiger partial charge in [-0.15, -0.1) is 5.10 Å². The van der Waals surface area contributed by atoms with Crippen LogP contribution in [0.15, 0.2) is 47.6 Å². The van der Waals surface area contributed by atoms with Gasteiger partial charge in [-0.2, -0.15) is 4.68 Å². The number of ether oxygens (including phenoxy) is 1. The van der Waals surface area contributed by atoms with E-state index in [0.717, 1.165) is 41.5 Å². The summed E-state index contributed by atoms with van der Waals surface area (Å²) in [6.45, 7) is 4.20. The minimum atomic E-state index is 0.547. The van der Waals surface area contributed by atoms with E-state index < -0.39 is 0 Å². The Morgan fingerprint density at radius 1 is 1.14 bits per heavy atom. The van der Waals surface area contributed by atoms with Crippen LogP contribution < -0.4 is 10.1 Å². The van der Waals surface area contributed by atoms with Crippen molar-refractivity contribution in [1.82, 2.24) is 25.5 Å². The number of halogens is 2. The van der Waals surface area contributed by atoms with Crippen LogP contribution in [0.1, 0.15) is 25.3 Å². The quantitative estimate of drug-likeness (QED) is 0.325. The van der Waals surface area contributed by atoms with Crippen molar-refractivity contribution in [3.8, 4) is 11.4 Å². The van der Waals surface area contributed by atoms with Crippen molar-refractivity contribution in [1.29, 1.82) is 0 Å². The molecule has 0 unspecified atom stereocenters. The summed E-state index contributed by atoms with van der Waals surface area (Å²) in [6, 6.07) is 13.7. The van der Waals surface area contributed by atoms with Gasteiger partial charge in [-0.05, 0) is 59.6 Å². The molecule has 0 radical (unpaired) electrons. The van der Waals surface area contributed by atoms with Crippen LogP contribution in [0.5, 0.6) is 5.75 Å². The number of hydrogen-bond donors (Lipinski definition) is 1. The van der Waals surface area contributed by atoms with Crippen LogP contribution in [0, 0.1) is 0 Å². The lowest BCUT2D eigenvalue weighted by Crippen LogP contribution is -2.15. The van der Waals surface area contributed by atoms with Crippen LogP contribution in [0.3, 0.4) is 0 Å². The zero-order valence-electron chi connectivity index (χ0n) is 16.1. The Labute approximate surface area is 184 Å². The molecule has 0 aliphatic rings. The highest BCUT2D eigenvalue weighted by atomic mass is 35.5. The predicted molar refractivity (Wildman–Crippen MR) is 118 cm³/mol. The van der Waals surface area contributed by atoms with Gasteiger partial charge in [-0.1, -0.05) is 60.1 Å². The second-order valence-electron chi connectivity index (χ2n) is 6.32. The monoisotopic (exact) mass is 451 g/mol. The third kappa shape index (κ3) is 6.34. The lowest BCUT2D eigenvalue weighted by atomic mass is 10.2. The number of thioether (sulfide) groups is 1. The maximum Gasteiger partial charge on any atom is 0.214 e. The second kappa shape index (κ2) is 11.4. The summed E-state index contributed by atoms with van der Waals surface area (Å²) >= 11 is 14.2. The van der Waals surface area contributed by atoms with Crippen molar-refractivity contribution in [2.45, 2.75) is 31.5 Å². The van der Waals surface area contributed by atoms with E-state index in [1.54, 1.807) is 16.4 Å². The SMILES string of the molecule is CCCOc1c(Cl)cc(CNCCCSc2nnnn2-c2ccccc2)cc1Cl. The van der Waals surface area contributed by atoms with Gasteiger partial charge in [0.2, 0.25) is 5.16 Å². The Morgan fingerprint density at radius 2 is 1.90 bits per heavy atom. The molecule has 1 N–H and O–H groups in total. The molecule has 29 heavy (non-hydrogen) atoms. The molecule has 0 bridgehead atoms. The summed E-state index contributed by atoms with van der Waals surface area (Å²) in [5.41, 5.74) is 1.99. The first-order valence-corrected chi connectivity index (χ1v) is 11.2. The molecular formula is C20H23Cl2N5OS. The lowest BCUT2D eigenvalue weighted by molar-refractivity contribution is 0.317. The van der Waals surface area contributed by atoms with Gasteiger partial charge in [0.15, 0.2) is 5.75 Å². The minimum Gasteiger partial charge on any atom is -0.490 e. The third-order valence-corrected chi connectivity index (χ3v) is 5.58. The Bertz CT molecular complexity index is 884. The zero-order chi connectivity index (χ0) is 20.5. The normalized spacial score (nSPS) is 11.0. The van der Waals surface area contributed by atoms with Crippen LogP contribution >= 0.6 is 35.0 Å². The van der Waals surface area contributed by atoms with Gasteiger partial charge in [-0.3, -0.25) is 0 Å². The molecule has 9 heteroatoms. The second-order valence-corrected chi connectivity index (χ2v) is 8.20. The molecule has 6 nitrogen and oxygen atoms in total. The van der Waals surface area contributed by atoms with Gasteiger partial charge < -0.3 is 10.1 Å². The molecule has 0 fully saturated rings. The average Bonchev–Trinajstić information content (AvgIpc) is 3.19. The standard InChI is InChI=1S/C20H23Cl2N5OS/c1-2-10-28-19-17(21)12-15(13-18(19)22)14-23-9-6-11-29-20-24-25-26-27(20)16-7-4-3-5-8-16/h3-5,7-8,12-13,23H,2,6,9-11,14H2,1H3. The molecule has 3 rings (SSSR count). The van der Waals surface area contributed by atoms with Crippen molar-refractivity contribution in [2.75, 3.05) is 18.9 Å². The number of tetrazole rings is 1. The van der Waals surface area contributed by atoms with Crippen LogP contribution in [0.4, 0.5) is 0 Å². The van der Waals surface area contributed by atoms with Gasteiger partial charge in [0.1, 0.15) is 0 Å². The molecule has 1 heterocycles. The molecule has 0 amide bonds. The first-order chi connectivity index (χ1) is 14.2. The Kier molecular flexibility index (Phi) is 8.61. The van der Waals surface area contributed by atoms with Crippen molar-refractivity contribution in [3.63, 3.8) is 0 Å². The van der Waals surface area contributed by atoms with E-state index in [-0.39, 0.29) is 0 Å². The summed E-state index contributed by atoms with van der Waals surface area (Å²) in [5, 5.41) is 17.3.